The minimum Gasteiger partial charge on any atom is -0.508 e. The maximum Gasteiger partial charge on any atom is 0.135 e. The van der Waals surface area contributed by atoms with Gasteiger partial charge in [-0.2, -0.15) is 0 Å². The first kappa shape index (κ1) is 9.31. The minimum atomic E-state index is -1.29. The van der Waals surface area contributed by atoms with Crippen molar-refractivity contribution in [1.29, 1.82) is 0 Å². The summed E-state index contributed by atoms with van der Waals surface area (Å²) in [6, 6.07) is 4.77. The smallest absolute Gasteiger partial charge is 0.135 e. The Kier molecular flexibility index (Phi) is 2.10. The highest BCUT2D eigenvalue weighted by Crippen LogP contribution is 2.39. The van der Waals surface area contributed by atoms with Crippen LogP contribution < -0.4 is 5.32 Å². The second-order valence-electron chi connectivity index (χ2n) is 3.96. The molecular formula is C11H14FNO. The van der Waals surface area contributed by atoms with Gasteiger partial charge in [-0.25, -0.2) is 4.39 Å². The van der Waals surface area contributed by atoms with Crippen LogP contribution in [0.1, 0.15) is 25.3 Å². The van der Waals surface area contributed by atoms with Crippen LogP contribution in [0.5, 0.6) is 5.75 Å². The predicted octanol–water partition coefficient (Wildman–Crippen LogP) is 2.78. The molecule has 1 aromatic carbocycles. The first-order valence-electron chi connectivity index (χ1n) is 4.86. The summed E-state index contributed by atoms with van der Waals surface area (Å²) in [7, 11) is 0. The summed E-state index contributed by atoms with van der Waals surface area (Å²) in [5.74, 6) is 0.175. The molecule has 3 heteroatoms. The molecule has 1 atom stereocenters. The van der Waals surface area contributed by atoms with Crippen LogP contribution in [0.25, 0.3) is 0 Å². The van der Waals surface area contributed by atoms with Gasteiger partial charge in [0, 0.05) is 23.9 Å². The third-order valence-corrected chi connectivity index (χ3v) is 2.70. The Balaban J connectivity index is 2.50. The fourth-order valence-electron chi connectivity index (χ4n) is 1.91. The summed E-state index contributed by atoms with van der Waals surface area (Å²) in [6.45, 7) is 2.35. The van der Waals surface area contributed by atoms with Crippen LogP contribution in [0.2, 0.25) is 0 Å². The van der Waals surface area contributed by atoms with Crippen molar-refractivity contribution in [3.63, 3.8) is 0 Å². The van der Waals surface area contributed by atoms with E-state index in [0.29, 0.717) is 17.7 Å². The predicted molar refractivity (Wildman–Crippen MR) is 54.3 cm³/mol. The second kappa shape index (κ2) is 3.15. The van der Waals surface area contributed by atoms with E-state index in [2.05, 4.69) is 5.32 Å². The molecule has 0 amide bonds. The van der Waals surface area contributed by atoms with Gasteiger partial charge in [0.2, 0.25) is 0 Å². The molecule has 76 valence electrons. The summed E-state index contributed by atoms with van der Waals surface area (Å²) in [5.41, 5.74) is 0.0762. The van der Waals surface area contributed by atoms with E-state index in [9.17, 15) is 9.50 Å². The molecule has 0 bridgehead atoms. The summed E-state index contributed by atoms with van der Waals surface area (Å²) >= 11 is 0. The SMILES string of the molecule is CC1(F)CCCNc2cc(O)ccc21. The molecule has 1 unspecified atom stereocenters. The minimum absolute atomic E-state index is 0.175. The van der Waals surface area contributed by atoms with Crippen molar-refractivity contribution in [2.75, 3.05) is 11.9 Å². The van der Waals surface area contributed by atoms with Crippen molar-refractivity contribution in [3.8, 4) is 5.75 Å². The molecule has 0 aliphatic carbocycles. The summed E-state index contributed by atoms with van der Waals surface area (Å²) in [6.07, 6.45) is 1.33. The van der Waals surface area contributed by atoms with Gasteiger partial charge in [-0.3, -0.25) is 0 Å². The number of halogens is 1. The van der Waals surface area contributed by atoms with Crippen LogP contribution >= 0.6 is 0 Å². The van der Waals surface area contributed by atoms with Gasteiger partial charge in [0.1, 0.15) is 11.4 Å². The molecular weight excluding hydrogens is 181 g/mol. The molecule has 0 saturated heterocycles. The Labute approximate surface area is 82.8 Å². The maximum atomic E-state index is 14.1. The lowest BCUT2D eigenvalue weighted by Gasteiger charge is -2.20. The Morgan fingerprint density at radius 3 is 3.07 bits per heavy atom. The highest BCUT2D eigenvalue weighted by Gasteiger charge is 2.30. The average Bonchev–Trinajstić information content (AvgIpc) is 2.25. The Hall–Kier alpha value is -1.25. The van der Waals surface area contributed by atoms with Gasteiger partial charge in [-0.15, -0.1) is 0 Å². The zero-order valence-electron chi connectivity index (χ0n) is 8.18. The van der Waals surface area contributed by atoms with Gasteiger partial charge in [-0.05, 0) is 25.8 Å². The normalized spacial score (nSPS) is 26.1. The summed E-state index contributed by atoms with van der Waals surface area (Å²) < 4.78 is 14.1. The van der Waals surface area contributed by atoms with Crippen molar-refractivity contribution in [2.24, 2.45) is 0 Å². The summed E-state index contributed by atoms with van der Waals surface area (Å²) in [5, 5.41) is 12.4. The lowest BCUT2D eigenvalue weighted by molar-refractivity contribution is 0.178. The molecule has 0 spiro atoms. The van der Waals surface area contributed by atoms with Crippen LogP contribution in [-0.4, -0.2) is 11.7 Å². The third kappa shape index (κ3) is 1.54. The first-order valence-corrected chi connectivity index (χ1v) is 4.86. The van der Waals surface area contributed by atoms with Crippen LogP contribution in [-0.2, 0) is 5.67 Å². The van der Waals surface area contributed by atoms with Gasteiger partial charge >= 0.3 is 0 Å². The van der Waals surface area contributed by atoms with Gasteiger partial charge < -0.3 is 10.4 Å². The molecule has 1 heterocycles. The first-order chi connectivity index (χ1) is 6.59. The number of hydrogen-bond donors (Lipinski definition) is 2. The van der Waals surface area contributed by atoms with E-state index >= 15 is 0 Å². The van der Waals surface area contributed by atoms with Crippen LogP contribution in [0, 0.1) is 0 Å². The Bertz CT molecular complexity index is 349. The van der Waals surface area contributed by atoms with E-state index < -0.39 is 5.67 Å². The number of nitrogens with one attached hydrogen (secondary N) is 1. The molecule has 1 aromatic rings. The van der Waals surface area contributed by atoms with Crippen molar-refractivity contribution in [2.45, 2.75) is 25.4 Å². The molecule has 0 aromatic heterocycles. The lowest BCUT2D eigenvalue weighted by atomic mass is 9.93. The average molecular weight is 195 g/mol. The highest BCUT2D eigenvalue weighted by atomic mass is 19.1. The fraction of sp³-hybridized carbons (Fsp3) is 0.455. The lowest BCUT2D eigenvalue weighted by Crippen LogP contribution is -2.14. The maximum absolute atomic E-state index is 14.1. The third-order valence-electron chi connectivity index (χ3n) is 2.70. The van der Waals surface area contributed by atoms with Gasteiger partial charge in [0.05, 0.1) is 0 Å². The molecule has 0 saturated carbocycles. The van der Waals surface area contributed by atoms with Crippen molar-refractivity contribution in [3.05, 3.63) is 23.8 Å². The number of anilines is 1. The van der Waals surface area contributed by atoms with E-state index in [1.165, 1.54) is 6.07 Å². The number of phenolic OH excluding ortho intramolecular Hbond substituents is 1. The van der Waals surface area contributed by atoms with Crippen molar-refractivity contribution in [1.82, 2.24) is 0 Å². The van der Waals surface area contributed by atoms with Gasteiger partial charge in [0.25, 0.3) is 0 Å². The quantitative estimate of drug-likeness (QED) is 0.667. The van der Waals surface area contributed by atoms with E-state index in [-0.39, 0.29) is 5.75 Å². The zero-order chi connectivity index (χ0) is 10.2. The molecule has 0 radical (unpaired) electrons. The largest absolute Gasteiger partial charge is 0.508 e. The second-order valence-corrected chi connectivity index (χ2v) is 3.96. The Morgan fingerprint density at radius 2 is 2.29 bits per heavy atom. The van der Waals surface area contributed by atoms with Gasteiger partial charge in [0.15, 0.2) is 0 Å². The van der Waals surface area contributed by atoms with Crippen LogP contribution in [0.3, 0.4) is 0 Å². The van der Waals surface area contributed by atoms with Crippen LogP contribution in [0.15, 0.2) is 18.2 Å². The number of alkyl halides is 1. The number of rotatable bonds is 0. The van der Waals surface area contributed by atoms with E-state index in [4.69, 9.17) is 0 Å². The monoisotopic (exact) mass is 195 g/mol. The molecule has 1 aliphatic heterocycles. The van der Waals surface area contributed by atoms with E-state index in [1.54, 1.807) is 19.1 Å². The molecule has 0 fully saturated rings. The molecule has 2 rings (SSSR count). The van der Waals surface area contributed by atoms with E-state index in [1.807, 2.05) is 0 Å². The topological polar surface area (TPSA) is 32.3 Å². The number of aromatic hydroxyl groups is 1. The summed E-state index contributed by atoms with van der Waals surface area (Å²) in [4.78, 5) is 0. The molecule has 14 heavy (non-hydrogen) atoms. The molecule has 1 aliphatic rings. The number of hydrogen-bond acceptors (Lipinski definition) is 2. The van der Waals surface area contributed by atoms with Crippen molar-refractivity contribution >= 4 is 5.69 Å². The fourth-order valence-corrected chi connectivity index (χ4v) is 1.91. The number of fused-ring (bicyclic) bond motifs is 1. The highest BCUT2D eigenvalue weighted by molar-refractivity contribution is 5.57. The standard InChI is InChI=1S/C11H14FNO/c1-11(12)5-2-6-13-10-7-8(14)3-4-9(10)11/h3-4,7,13-14H,2,5-6H2,1H3. The number of benzene rings is 1. The molecule has 2 N–H and O–H groups in total. The number of phenols is 1. The van der Waals surface area contributed by atoms with E-state index in [0.717, 1.165) is 13.0 Å². The zero-order valence-corrected chi connectivity index (χ0v) is 8.18. The van der Waals surface area contributed by atoms with Gasteiger partial charge in [-0.1, -0.05) is 6.07 Å². The van der Waals surface area contributed by atoms with Crippen molar-refractivity contribution < 1.29 is 9.50 Å². The molecule has 2 nitrogen and oxygen atoms in total. The Morgan fingerprint density at radius 1 is 1.50 bits per heavy atom. The van der Waals surface area contributed by atoms with Crippen LogP contribution in [0.4, 0.5) is 10.1 Å².